The number of hydrogen-bond acceptors (Lipinski definition) is 3. The summed E-state index contributed by atoms with van der Waals surface area (Å²) in [6.07, 6.45) is 4.79. The summed E-state index contributed by atoms with van der Waals surface area (Å²) in [5, 5.41) is 4.19. The van der Waals surface area contributed by atoms with Crippen LogP contribution in [0.25, 0.3) is 0 Å². The van der Waals surface area contributed by atoms with Crippen LogP contribution in [0.4, 0.5) is 0 Å². The minimum atomic E-state index is 0.171. The molecule has 0 amide bonds. The molecule has 1 atom stereocenters. The molecule has 1 heterocycles. The molecule has 3 nitrogen and oxygen atoms in total. The number of aromatic nitrogens is 1. The zero-order valence-electron chi connectivity index (χ0n) is 9.42. The summed E-state index contributed by atoms with van der Waals surface area (Å²) >= 11 is 0. The largest absolute Gasteiger partial charge is 0.361 e. The topological polar surface area (TPSA) is 52.0 Å². The van der Waals surface area contributed by atoms with Gasteiger partial charge in [0.2, 0.25) is 0 Å². The molecule has 1 saturated carbocycles. The molecular formula is C12H18N2O. The van der Waals surface area contributed by atoms with Gasteiger partial charge in [-0.05, 0) is 30.6 Å². The Kier molecular flexibility index (Phi) is 1.78. The first-order chi connectivity index (χ1) is 7.14. The van der Waals surface area contributed by atoms with Crippen molar-refractivity contribution in [2.45, 2.75) is 51.5 Å². The van der Waals surface area contributed by atoms with Gasteiger partial charge in [-0.1, -0.05) is 19.0 Å². The predicted octanol–water partition coefficient (Wildman–Crippen LogP) is 2.52. The molecule has 3 rings (SSSR count). The number of nitrogens with two attached hydrogens (primary N) is 1. The molecule has 1 spiro atoms. The highest BCUT2D eigenvalue weighted by molar-refractivity contribution is 5.35. The Morgan fingerprint density at radius 1 is 1.40 bits per heavy atom. The lowest BCUT2D eigenvalue weighted by atomic mass is 9.79. The van der Waals surface area contributed by atoms with Crippen LogP contribution in [0.2, 0.25) is 0 Å². The number of rotatable bonds is 1. The first kappa shape index (κ1) is 9.40. The van der Waals surface area contributed by atoms with Crippen LogP contribution in [-0.2, 0) is 6.42 Å². The number of fused-ring (bicyclic) bond motifs is 1. The van der Waals surface area contributed by atoms with E-state index in [0.717, 1.165) is 17.9 Å². The third-order valence-corrected chi connectivity index (χ3v) is 4.09. The molecule has 1 aromatic heterocycles. The molecule has 1 fully saturated rings. The molecule has 15 heavy (non-hydrogen) atoms. The molecular weight excluding hydrogens is 188 g/mol. The average Bonchev–Trinajstić information content (AvgIpc) is 2.83. The maximum absolute atomic E-state index is 6.37. The lowest BCUT2D eigenvalue weighted by Crippen LogP contribution is -2.28. The second kappa shape index (κ2) is 2.85. The van der Waals surface area contributed by atoms with E-state index in [1.54, 1.807) is 0 Å². The molecule has 2 N–H and O–H groups in total. The van der Waals surface area contributed by atoms with Crippen molar-refractivity contribution < 1.29 is 4.52 Å². The van der Waals surface area contributed by atoms with Gasteiger partial charge in [0.15, 0.2) is 0 Å². The minimum absolute atomic E-state index is 0.171. The second-order valence-corrected chi connectivity index (χ2v) is 5.40. The van der Waals surface area contributed by atoms with Crippen molar-refractivity contribution in [3.05, 3.63) is 17.0 Å². The summed E-state index contributed by atoms with van der Waals surface area (Å²) in [6.45, 7) is 4.30. The summed E-state index contributed by atoms with van der Waals surface area (Å²) in [5.41, 5.74) is 9.09. The Labute approximate surface area is 90.0 Å². The van der Waals surface area contributed by atoms with Gasteiger partial charge in [-0.2, -0.15) is 0 Å². The van der Waals surface area contributed by atoms with Crippen molar-refractivity contribution in [3.63, 3.8) is 0 Å². The summed E-state index contributed by atoms with van der Waals surface area (Å²) in [7, 11) is 0. The van der Waals surface area contributed by atoms with Gasteiger partial charge in [-0.15, -0.1) is 0 Å². The first-order valence-electron chi connectivity index (χ1n) is 5.88. The van der Waals surface area contributed by atoms with Crippen LogP contribution in [-0.4, -0.2) is 5.16 Å². The van der Waals surface area contributed by atoms with E-state index in [1.807, 2.05) is 0 Å². The summed E-state index contributed by atoms with van der Waals surface area (Å²) in [4.78, 5) is 0. The highest BCUT2D eigenvalue weighted by Gasteiger charge is 2.52. The molecule has 3 heteroatoms. The van der Waals surface area contributed by atoms with Crippen molar-refractivity contribution in [2.75, 3.05) is 0 Å². The second-order valence-electron chi connectivity index (χ2n) is 5.40. The Balaban J connectivity index is 2.07. The first-order valence-corrected chi connectivity index (χ1v) is 5.88. The zero-order chi connectivity index (χ0) is 10.6. The lowest BCUT2D eigenvalue weighted by molar-refractivity contribution is 0.305. The van der Waals surface area contributed by atoms with E-state index in [9.17, 15) is 0 Å². The number of aryl methyl sites for hydroxylation is 1. The van der Waals surface area contributed by atoms with Crippen LogP contribution in [0.15, 0.2) is 4.52 Å². The van der Waals surface area contributed by atoms with Crippen molar-refractivity contribution >= 4 is 0 Å². The Bertz CT molecular complexity index is 390. The van der Waals surface area contributed by atoms with Crippen LogP contribution in [0.5, 0.6) is 0 Å². The summed E-state index contributed by atoms with van der Waals surface area (Å²) < 4.78 is 5.41. The molecule has 1 unspecified atom stereocenters. The maximum Gasteiger partial charge on any atom is 0.141 e. The molecule has 0 saturated heterocycles. The summed E-state index contributed by atoms with van der Waals surface area (Å²) in [6, 6.07) is 0.171. The third kappa shape index (κ3) is 1.19. The molecule has 0 aromatic carbocycles. The smallest absolute Gasteiger partial charge is 0.141 e. The zero-order valence-corrected chi connectivity index (χ0v) is 9.42. The van der Waals surface area contributed by atoms with Gasteiger partial charge in [-0.3, -0.25) is 0 Å². The highest BCUT2D eigenvalue weighted by atomic mass is 16.5. The van der Waals surface area contributed by atoms with Gasteiger partial charge in [0, 0.05) is 18.0 Å². The Morgan fingerprint density at radius 2 is 2.13 bits per heavy atom. The van der Waals surface area contributed by atoms with Crippen molar-refractivity contribution in [1.82, 2.24) is 5.16 Å². The van der Waals surface area contributed by atoms with Crippen LogP contribution in [0, 0.1) is 5.41 Å². The predicted molar refractivity (Wildman–Crippen MR) is 57.5 cm³/mol. The quantitative estimate of drug-likeness (QED) is 0.768. The Hall–Kier alpha value is -0.830. The van der Waals surface area contributed by atoms with E-state index in [-0.39, 0.29) is 6.04 Å². The van der Waals surface area contributed by atoms with Gasteiger partial charge >= 0.3 is 0 Å². The fourth-order valence-corrected chi connectivity index (χ4v) is 2.82. The Morgan fingerprint density at radius 3 is 2.73 bits per heavy atom. The molecule has 0 radical (unpaired) electrons. The van der Waals surface area contributed by atoms with E-state index < -0.39 is 0 Å². The maximum atomic E-state index is 6.37. The van der Waals surface area contributed by atoms with Crippen molar-refractivity contribution in [2.24, 2.45) is 11.1 Å². The van der Waals surface area contributed by atoms with E-state index in [1.165, 1.54) is 24.8 Å². The molecule has 2 aliphatic rings. The van der Waals surface area contributed by atoms with E-state index >= 15 is 0 Å². The lowest BCUT2D eigenvalue weighted by Gasteiger charge is -2.28. The van der Waals surface area contributed by atoms with Crippen LogP contribution < -0.4 is 5.73 Å². The normalized spacial score (nSPS) is 27.1. The van der Waals surface area contributed by atoms with Crippen molar-refractivity contribution in [1.29, 1.82) is 0 Å². The fourth-order valence-electron chi connectivity index (χ4n) is 2.82. The average molecular weight is 206 g/mol. The van der Waals surface area contributed by atoms with Gasteiger partial charge in [-0.25, -0.2) is 0 Å². The van der Waals surface area contributed by atoms with Gasteiger partial charge < -0.3 is 10.3 Å². The monoisotopic (exact) mass is 206 g/mol. The van der Waals surface area contributed by atoms with Crippen LogP contribution in [0.3, 0.4) is 0 Å². The van der Waals surface area contributed by atoms with Crippen molar-refractivity contribution in [3.8, 4) is 0 Å². The SMILES string of the molecule is CC(C)c1noc2c1C(N)C1(CC2)CC1. The van der Waals surface area contributed by atoms with E-state index in [2.05, 4.69) is 19.0 Å². The number of nitrogens with zero attached hydrogens (tertiary/aromatic N) is 1. The molecule has 0 bridgehead atoms. The molecule has 0 aliphatic heterocycles. The molecule has 2 aliphatic carbocycles. The highest BCUT2D eigenvalue weighted by Crippen LogP contribution is 2.60. The van der Waals surface area contributed by atoms with E-state index in [4.69, 9.17) is 10.3 Å². The fraction of sp³-hybridized carbons (Fsp3) is 0.750. The van der Waals surface area contributed by atoms with Crippen LogP contribution >= 0.6 is 0 Å². The third-order valence-electron chi connectivity index (χ3n) is 4.09. The standard InChI is InChI=1S/C12H18N2O/c1-7(2)10-9-8(15-14-10)3-4-12(5-6-12)11(9)13/h7,11H,3-6,13H2,1-2H3. The van der Waals surface area contributed by atoms with Gasteiger partial charge in [0.1, 0.15) is 5.76 Å². The van der Waals surface area contributed by atoms with Crippen LogP contribution in [0.1, 0.15) is 62.1 Å². The molecule has 1 aromatic rings. The van der Waals surface area contributed by atoms with Gasteiger partial charge in [0.25, 0.3) is 0 Å². The van der Waals surface area contributed by atoms with Gasteiger partial charge in [0.05, 0.1) is 5.69 Å². The van der Waals surface area contributed by atoms with E-state index in [0.29, 0.717) is 11.3 Å². The number of hydrogen-bond donors (Lipinski definition) is 1. The minimum Gasteiger partial charge on any atom is -0.361 e. The summed E-state index contributed by atoms with van der Waals surface area (Å²) in [5.74, 6) is 1.46. The molecule has 82 valence electrons.